The smallest absolute Gasteiger partial charge is 0.341 e. The Hall–Kier alpha value is 0.927. The van der Waals surface area contributed by atoms with Crippen LogP contribution in [0.15, 0.2) is 0 Å². The summed E-state index contributed by atoms with van der Waals surface area (Å²) < 4.78 is 21.1. The van der Waals surface area contributed by atoms with Crippen LogP contribution in [-0.4, -0.2) is 58.9 Å². The summed E-state index contributed by atoms with van der Waals surface area (Å²) >= 11 is 17.2. The molecule has 0 aromatic rings. The van der Waals surface area contributed by atoms with Crippen molar-refractivity contribution in [2.75, 3.05) is 52.9 Å². The van der Waals surface area contributed by atoms with E-state index in [1.54, 1.807) is 0 Å². The first kappa shape index (κ1) is 19.9. The highest BCUT2D eigenvalue weighted by molar-refractivity contribution is 7.64. The average molecular weight is 354 g/mol. The van der Waals surface area contributed by atoms with Crippen molar-refractivity contribution < 1.29 is 18.9 Å². The highest BCUT2D eigenvalue weighted by Gasteiger charge is 2.23. The molecule has 0 fully saturated rings. The van der Waals surface area contributed by atoms with Crippen LogP contribution in [-0.2, 0) is 18.9 Å². The summed E-state index contributed by atoms with van der Waals surface area (Å²) in [5, 5.41) is 0. The molecule has 0 aromatic heterocycles. The fourth-order valence-electron chi connectivity index (χ4n) is 1.18. The molecule has 0 amide bonds. The molecule has 4 nitrogen and oxygen atoms in total. The van der Waals surface area contributed by atoms with Gasteiger partial charge in [0.1, 0.15) is 0 Å². The third kappa shape index (κ3) is 18.9. The van der Waals surface area contributed by atoms with Gasteiger partial charge in [-0.25, -0.2) is 0 Å². The Morgan fingerprint density at radius 3 is 1.53 bits per heavy atom. The van der Waals surface area contributed by atoms with E-state index in [1.165, 1.54) is 0 Å². The van der Waals surface area contributed by atoms with Crippen molar-refractivity contribution in [2.24, 2.45) is 0 Å². The van der Waals surface area contributed by atoms with Gasteiger partial charge in [0.25, 0.3) is 0 Å². The largest absolute Gasteiger partial charge is 0.379 e. The minimum absolute atomic E-state index is 0.556. The van der Waals surface area contributed by atoms with Gasteiger partial charge in [0.15, 0.2) is 0 Å². The Labute approximate surface area is 130 Å². The van der Waals surface area contributed by atoms with Crippen LogP contribution in [0.5, 0.6) is 0 Å². The predicted molar refractivity (Wildman–Crippen MR) is 81.7 cm³/mol. The van der Waals surface area contributed by atoms with Gasteiger partial charge in [-0.1, -0.05) is 0 Å². The number of rotatable bonds is 14. The first-order valence-corrected chi connectivity index (χ1v) is 11.7. The molecule has 0 spiro atoms. The van der Waals surface area contributed by atoms with Gasteiger partial charge in [-0.2, -0.15) is 0 Å². The topological polar surface area (TPSA) is 36.9 Å². The SMILES string of the molecule is CCOCCOCCOCCOCCC[Si](Cl)(Cl)Cl. The summed E-state index contributed by atoms with van der Waals surface area (Å²) in [4.78, 5) is 0. The molecule has 19 heavy (non-hydrogen) atoms. The molecular formula is C11H23Cl3O4Si. The number of halogens is 3. The van der Waals surface area contributed by atoms with Gasteiger partial charge in [0, 0.05) is 13.2 Å². The first-order valence-electron chi connectivity index (χ1n) is 6.44. The molecule has 116 valence electrons. The van der Waals surface area contributed by atoms with E-state index in [0.29, 0.717) is 52.3 Å². The van der Waals surface area contributed by atoms with Crippen molar-refractivity contribution in [1.29, 1.82) is 0 Å². The van der Waals surface area contributed by atoms with Crippen LogP contribution in [0.1, 0.15) is 13.3 Å². The molecule has 0 unspecified atom stereocenters. The van der Waals surface area contributed by atoms with Crippen molar-refractivity contribution in [3.05, 3.63) is 0 Å². The van der Waals surface area contributed by atoms with Crippen LogP contribution in [0, 0.1) is 0 Å². The zero-order valence-electron chi connectivity index (χ0n) is 11.3. The van der Waals surface area contributed by atoms with Crippen molar-refractivity contribution in [2.45, 2.75) is 19.4 Å². The third-order valence-electron chi connectivity index (χ3n) is 2.07. The summed E-state index contributed by atoms with van der Waals surface area (Å²) in [6.07, 6.45) is 0.781. The molecule has 0 aliphatic carbocycles. The zero-order chi connectivity index (χ0) is 14.4. The highest BCUT2D eigenvalue weighted by Crippen LogP contribution is 2.26. The van der Waals surface area contributed by atoms with E-state index < -0.39 is 6.00 Å². The van der Waals surface area contributed by atoms with E-state index in [0.717, 1.165) is 13.0 Å². The van der Waals surface area contributed by atoms with Gasteiger partial charge < -0.3 is 18.9 Å². The average Bonchev–Trinajstić information content (AvgIpc) is 2.34. The number of hydrogen-bond donors (Lipinski definition) is 0. The van der Waals surface area contributed by atoms with Crippen LogP contribution in [0.3, 0.4) is 0 Å². The maximum atomic E-state index is 5.74. The minimum Gasteiger partial charge on any atom is -0.379 e. The zero-order valence-corrected chi connectivity index (χ0v) is 14.6. The van der Waals surface area contributed by atoms with Crippen LogP contribution >= 0.6 is 33.2 Å². The number of ether oxygens (including phenoxy) is 4. The summed E-state index contributed by atoms with van der Waals surface area (Å²) in [6.45, 7) is 6.77. The second-order valence-corrected chi connectivity index (χ2v) is 13.0. The Morgan fingerprint density at radius 1 is 0.684 bits per heavy atom. The van der Waals surface area contributed by atoms with Crippen LogP contribution < -0.4 is 0 Å². The second-order valence-electron chi connectivity index (χ2n) is 3.75. The highest BCUT2D eigenvalue weighted by atomic mass is 35.8. The lowest BCUT2D eigenvalue weighted by Crippen LogP contribution is -2.13. The van der Waals surface area contributed by atoms with Gasteiger partial charge in [-0.3, -0.25) is 0 Å². The first-order chi connectivity index (χ1) is 9.06. The number of hydrogen-bond acceptors (Lipinski definition) is 4. The van der Waals surface area contributed by atoms with Gasteiger partial charge in [0.2, 0.25) is 0 Å². The fourth-order valence-corrected chi connectivity index (χ4v) is 2.93. The summed E-state index contributed by atoms with van der Waals surface area (Å²) in [6, 6.07) is -1.85. The molecule has 0 radical (unpaired) electrons. The van der Waals surface area contributed by atoms with E-state index in [1.807, 2.05) is 6.92 Å². The molecule has 0 aliphatic rings. The lowest BCUT2D eigenvalue weighted by molar-refractivity contribution is -0.000386. The van der Waals surface area contributed by atoms with Crippen LogP contribution in [0.4, 0.5) is 0 Å². The molecular weight excluding hydrogens is 331 g/mol. The Balaban J connectivity index is 2.99. The molecule has 0 saturated carbocycles. The maximum absolute atomic E-state index is 5.74. The van der Waals surface area contributed by atoms with Crippen LogP contribution in [0.25, 0.3) is 0 Å². The Bertz CT molecular complexity index is 193. The summed E-state index contributed by atoms with van der Waals surface area (Å²) in [7, 11) is 0. The van der Waals surface area contributed by atoms with Crippen molar-refractivity contribution in [3.8, 4) is 0 Å². The molecule has 0 saturated heterocycles. The van der Waals surface area contributed by atoms with Gasteiger partial charge >= 0.3 is 6.00 Å². The lowest BCUT2D eigenvalue weighted by Gasteiger charge is -2.08. The quantitative estimate of drug-likeness (QED) is 0.273. The Kier molecular flexibility index (Phi) is 14.6. The van der Waals surface area contributed by atoms with E-state index >= 15 is 0 Å². The van der Waals surface area contributed by atoms with Gasteiger partial charge in [-0.15, -0.1) is 33.2 Å². The normalized spacial score (nSPS) is 12.0. The van der Waals surface area contributed by atoms with Crippen molar-refractivity contribution >= 4 is 39.2 Å². The van der Waals surface area contributed by atoms with Gasteiger partial charge in [-0.05, 0) is 19.4 Å². The van der Waals surface area contributed by atoms with Crippen molar-refractivity contribution in [1.82, 2.24) is 0 Å². The molecule has 0 aliphatic heterocycles. The molecule has 0 aromatic carbocycles. The molecule has 8 heteroatoms. The summed E-state index contributed by atoms with van der Waals surface area (Å²) in [5.41, 5.74) is 0. The van der Waals surface area contributed by atoms with Crippen LogP contribution in [0.2, 0.25) is 6.04 Å². The second kappa shape index (κ2) is 13.9. The van der Waals surface area contributed by atoms with Crippen molar-refractivity contribution in [3.63, 3.8) is 0 Å². The van der Waals surface area contributed by atoms with E-state index in [-0.39, 0.29) is 0 Å². The van der Waals surface area contributed by atoms with E-state index in [9.17, 15) is 0 Å². The van der Waals surface area contributed by atoms with E-state index in [4.69, 9.17) is 52.2 Å². The minimum atomic E-state index is -2.48. The predicted octanol–water partition coefficient (Wildman–Crippen LogP) is 3.12. The molecule has 0 N–H and O–H groups in total. The molecule has 0 rings (SSSR count). The molecule has 0 heterocycles. The standard InChI is InChI=1S/C11H23Cl3O4Si/c1-2-15-5-6-17-9-10-18-8-7-16-4-3-11-19(12,13)14/h2-11H2,1H3. The monoisotopic (exact) mass is 352 g/mol. The molecule has 0 bridgehead atoms. The molecule has 0 atom stereocenters. The Morgan fingerprint density at radius 2 is 1.11 bits per heavy atom. The fraction of sp³-hybridized carbons (Fsp3) is 1.00. The summed E-state index contributed by atoms with van der Waals surface area (Å²) in [5.74, 6) is 0. The van der Waals surface area contributed by atoms with Gasteiger partial charge in [0.05, 0.1) is 39.6 Å². The maximum Gasteiger partial charge on any atom is 0.341 e. The van der Waals surface area contributed by atoms with E-state index in [2.05, 4.69) is 0 Å². The third-order valence-corrected chi connectivity index (χ3v) is 4.69. The lowest BCUT2D eigenvalue weighted by atomic mass is 10.5.